The molecule has 0 aliphatic carbocycles. The maximum atomic E-state index is 11.8. The maximum absolute atomic E-state index is 11.8. The lowest BCUT2D eigenvalue weighted by Crippen LogP contribution is -2.45. The molecule has 1 heterocycles. The number of urea groups is 1. The van der Waals surface area contributed by atoms with Gasteiger partial charge in [0.1, 0.15) is 6.10 Å². The summed E-state index contributed by atoms with van der Waals surface area (Å²) in [5.74, 6) is 0. The molecule has 1 fully saturated rings. The van der Waals surface area contributed by atoms with Crippen molar-refractivity contribution < 1.29 is 23.4 Å². The van der Waals surface area contributed by atoms with Gasteiger partial charge in [-0.3, -0.25) is 0 Å². The largest absolute Gasteiger partial charge is 0.385 e. The number of aliphatic hydroxyl groups excluding tert-OH is 1. The Morgan fingerprint density at radius 3 is 2.87 bits per heavy atom. The van der Waals surface area contributed by atoms with Crippen molar-refractivity contribution >= 4 is 6.03 Å². The second-order valence-electron chi connectivity index (χ2n) is 3.32. The highest BCUT2D eigenvalue weighted by atomic mass is 19.3. The molecule has 0 aromatic carbocycles. The van der Waals surface area contributed by atoms with E-state index in [4.69, 9.17) is 9.84 Å². The summed E-state index contributed by atoms with van der Waals surface area (Å²) in [4.78, 5) is 11.1. The number of aliphatic hydroxyl groups is 1. The second kappa shape index (κ2) is 5.82. The van der Waals surface area contributed by atoms with Gasteiger partial charge in [-0.1, -0.05) is 0 Å². The third kappa shape index (κ3) is 4.39. The molecule has 0 bridgehead atoms. The molecule has 88 valence electrons. The number of carbonyl (C=O) groups is 1. The van der Waals surface area contributed by atoms with Gasteiger partial charge in [0, 0.05) is 6.61 Å². The minimum absolute atomic E-state index is 0.0753. The summed E-state index contributed by atoms with van der Waals surface area (Å²) in [7, 11) is 0. The fourth-order valence-electron chi connectivity index (χ4n) is 1.17. The van der Waals surface area contributed by atoms with Crippen molar-refractivity contribution in [3.05, 3.63) is 0 Å². The van der Waals surface area contributed by atoms with Crippen molar-refractivity contribution in [1.82, 2.24) is 10.6 Å². The normalized spacial score (nSPS) is 22.8. The highest BCUT2D eigenvalue weighted by Gasteiger charge is 2.20. The summed E-state index contributed by atoms with van der Waals surface area (Å²) in [6, 6.07) is -0.640. The maximum Gasteiger partial charge on any atom is 0.315 e. The van der Waals surface area contributed by atoms with Gasteiger partial charge in [-0.05, 0) is 6.42 Å². The second-order valence-corrected chi connectivity index (χ2v) is 3.32. The molecule has 5 nitrogen and oxygen atoms in total. The van der Waals surface area contributed by atoms with Crippen LogP contribution in [-0.4, -0.2) is 49.5 Å². The van der Waals surface area contributed by atoms with E-state index in [2.05, 4.69) is 10.6 Å². The number of carbonyl (C=O) groups excluding carboxylic acids is 1. The average Bonchev–Trinajstić information content (AvgIpc) is 2.66. The number of hydrogen-bond donors (Lipinski definition) is 3. The summed E-state index contributed by atoms with van der Waals surface area (Å²) in [5, 5.41) is 13.4. The van der Waals surface area contributed by atoms with E-state index in [1.807, 2.05) is 0 Å². The first kappa shape index (κ1) is 12.1. The zero-order valence-corrected chi connectivity index (χ0v) is 8.08. The molecule has 0 aromatic heterocycles. The lowest BCUT2D eigenvalue weighted by molar-refractivity contribution is -0.00179. The highest BCUT2D eigenvalue weighted by molar-refractivity contribution is 5.74. The molecular weight excluding hydrogens is 210 g/mol. The Morgan fingerprint density at radius 2 is 2.33 bits per heavy atom. The van der Waals surface area contributed by atoms with Crippen LogP contribution in [0.4, 0.5) is 13.6 Å². The Balaban J connectivity index is 2.12. The molecule has 1 aliphatic heterocycles. The van der Waals surface area contributed by atoms with Crippen molar-refractivity contribution in [2.75, 3.05) is 19.8 Å². The summed E-state index contributed by atoms with van der Waals surface area (Å²) in [6.45, 7) is 0.562. The highest BCUT2D eigenvalue weighted by Crippen LogP contribution is 2.03. The number of halogens is 2. The zero-order valence-electron chi connectivity index (χ0n) is 8.08. The van der Waals surface area contributed by atoms with Crippen LogP contribution in [0.1, 0.15) is 6.42 Å². The van der Waals surface area contributed by atoms with Crippen molar-refractivity contribution in [3.8, 4) is 0 Å². The molecule has 2 amide bonds. The lowest BCUT2D eigenvalue weighted by Gasteiger charge is -2.14. The van der Waals surface area contributed by atoms with Crippen LogP contribution >= 0.6 is 0 Å². The van der Waals surface area contributed by atoms with Gasteiger partial charge in [-0.25, -0.2) is 13.6 Å². The first-order chi connectivity index (χ1) is 7.09. The molecule has 0 radical (unpaired) electrons. The number of rotatable bonds is 4. The molecule has 3 N–H and O–H groups in total. The van der Waals surface area contributed by atoms with Gasteiger partial charge < -0.3 is 20.5 Å². The van der Waals surface area contributed by atoms with E-state index in [1.165, 1.54) is 0 Å². The van der Waals surface area contributed by atoms with Gasteiger partial charge in [-0.2, -0.15) is 0 Å². The average molecular weight is 224 g/mol. The van der Waals surface area contributed by atoms with Crippen LogP contribution in [0.5, 0.6) is 0 Å². The van der Waals surface area contributed by atoms with Crippen LogP contribution < -0.4 is 10.6 Å². The zero-order chi connectivity index (χ0) is 11.3. The van der Waals surface area contributed by atoms with E-state index in [1.54, 1.807) is 0 Å². The molecule has 2 atom stereocenters. The van der Waals surface area contributed by atoms with E-state index in [9.17, 15) is 13.6 Å². The smallest absolute Gasteiger partial charge is 0.315 e. The van der Waals surface area contributed by atoms with Gasteiger partial charge in [0.2, 0.25) is 0 Å². The molecule has 0 aromatic rings. The van der Waals surface area contributed by atoms with Crippen LogP contribution in [0.15, 0.2) is 0 Å². The fourth-order valence-corrected chi connectivity index (χ4v) is 1.17. The number of hydrogen-bond acceptors (Lipinski definition) is 3. The molecule has 1 rings (SSSR count). The standard InChI is InChI=1S/C8H14F2N2O3/c9-7(10)6(13)3-11-8(14)12-5-1-2-15-4-5/h5-7,13H,1-4H2,(H2,11,12,14). The summed E-state index contributed by atoms with van der Waals surface area (Å²) in [6.07, 6.45) is -3.96. The molecule has 0 saturated carbocycles. The Kier molecular flexibility index (Phi) is 4.70. The van der Waals surface area contributed by atoms with Crippen molar-refractivity contribution in [1.29, 1.82) is 0 Å². The predicted molar refractivity (Wildman–Crippen MR) is 47.8 cm³/mol. The van der Waals surface area contributed by atoms with E-state index < -0.39 is 25.1 Å². The molecule has 0 spiro atoms. The SMILES string of the molecule is O=C(NCC(O)C(F)F)NC1CCOC1. The predicted octanol–water partition coefficient (Wildman–Crippen LogP) is -0.300. The van der Waals surface area contributed by atoms with E-state index >= 15 is 0 Å². The Labute approximate surface area is 85.8 Å². The topological polar surface area (TPSA) is 70.6 Å². The molecule has 7 heteroatoms. The van der Waals surface area contributed by atoms with Crippen LogP contribution in [-0.2, 0) is 4.74 Å². The third-order valence-electron chi connectivity index (χ3n) is 2.03. The van der Waals surface area contributed by atoms with Gasteiger partial charge >= 0.3 is 6.03 Å². The number of nitrogens with one attached hydrogen (secondary N) is 2. The Morgan fingerprint density at radius 1 is 1.60 bits per heavy atom. The summed E-state index contributed by atoms with van der Waals surface area (Å²) < 4.78 is 28.7. The van der Waals surface area contributed by atoms with Gasteiger partial charge in [-0.15, -0.1) is 0 Å². The fraction of sp³-hybridized carbons (Fsp3) is 0.875. The van der Waals surface area contributed by atoms with Crippen LogP contribution in [0.25, 0.3) is 0 Å². The quantitative estimate of drug-likeness (QED) is 0.614. The number of ether oxygens (including phenoxy) is 1. The van der Waals surface area contributed by atoms with Gasteiger partial charge in [0.15, 0.2) is 0 Å². The van der Waals surface area contributed by atoms with E-state index in [-0.39, 0.29) is 6.04 Å². The Bertz CT molecular complexity index is 210. The molecule has 2 unspecified atom stereocenters. The third-order valence-corrected chi connectivity index (χ3v) is 2.03. The van der Waals surface area contributed by atoms with Crippen molar-refractivity contribution in [2.24, 2.45) is 0 Å². The first-order valence-corrected chi connectivity index (χ1v) is 4.68. The molecule has 1 saturated heterocycles. The lowest BCUT2D eigenvalue weighted by atomic mass is 10.3. The monoisotopic (exact) mass is 224 g/mol. The summed E-state index contributed by atoms with van der Waals surface area (Å²) >= 11 is 0. The Hall–Kier alpha value is -0.950. The molecule has 1 aliphatic rings. The summed E-state index contributed by atoms with van der Waals surface area (Å²) in [5.41, 5.74) is 0. The van der Waals surface area contributed by atoms with Crippen LogP contribution in [0.3, 0.4) is 0 Å². The minimum atomic E-state index is -2.85. The van der Waals surface area contributed by atoms with E-state index in [0.717, 1.165) is 0 Å². The molecular formula is C8H14F2N2O3. The van der Waals surface area contributed by atoms with Crippen molar-refractivity contribution in [3.63, 3.8) is 0 Å². The van der Waals surface area contributed by atoms with E-state index in [0.29, 0.717) is 19.6 Å². The van der Waals surface area contributed by atoms with Crippen LogP contribution in [0, 0.1) is 0 Å². The number of amides is 2. The van der Waals surface area contributed by atoms with Gasteiger partial charge in [0.05, 0.1) is 19.2 Å². The van der Waals surface area contributed by atoms with Crippen molar-refractivity contribution in [2.45, 2.75) is 25.0 Å². The number of alkyl halides is 2. The van der Waals surface area contributed by atoms with Gasteiger partial charge in [0.25, 0.3) is 6.43 Å². The molecule has 15 heavy (non-hydrogen) atoms. The van der Waals surface area contributed by atoms with Crippen LogP contribution in [0.2, 0.25) is 0 Å². The minimum Gasteiger partial charge on any atom is -0.385 e. The first-order valence-electron chi connectivity index (χ1n) is 4.68.